The average molecular weight is 916 g/mol. The minimum atomic E-state index is -2.42. The number of ether oxygens (including phenoxy) is 5. The van der Waals surface area contributed by atoms with Gasteiger partial charge >= 0.3 is 5.97 Å². The number of allylic oxidation sites excluding steroid dienone is 5. The van der Waals surface area contributed by atoms with Gasteiger partial charge in [-0.1, -0.05) is 71.9 Å². The summed E-state index contributed by atoms with van der Waals surface area (Å²) in [5.41, 5.74) is 0.884. The first-order valence-corrected chi connectivity index (χ1v) is 24.2. The van der Waals surface area contributed by atoms with Gasteiger partial charge in [-0.05, 0) is 107 Å². The van der Waals surface area contributed by atoms with E-state index in [1.165, 1.54) is 12.0 Å². The van der Waals surface area contributed by atoms with E-state index in [2.05, 4.69) is 0 Å². The standard InChI is InChI=1S/C51H81NO13/c1-30-16-12-11-13-17-31(2)42(61-8)28-38-21-19-36(7)51(60,65-38)48(57)49(58)52-23-15-14-18-39(52)50(59)64-43(33(4)26-37-20-22-40(53)44(27-37)62-9)29-41(54)32(3)25-35(6)46(56)47(63-10)45(55)34(5)24-30/h11-13,16-17,30,32-40,42-44,46-47,53,56,60H,14-15,18-29H2,1-10H3/b13-11?,16-12+,31-17?/t30-,32-,33-,34-,35?,36-,37+,38+,39+,40-,42+,43+,44-,46-,47+,51-/m1/s1. The van der Waals surface area contributed by atoms with E-state index < -0.39 is 89.8 Å². The van der Waals surface area contributed by atoms with E-state index in [4.69, 9.17) is 23.7 Å². The SMILES string of the molecule is CO[C@H]1C[C@@H]2CC[C@@H](C)[C@@](O)(O2)C(=O)C(=O)N2CCCC[C@H]2C(=O)O[C@H]([C@H](C)C[C@@H]2CC[C@@H](O)[C@H](OC)C2)CC(=O)[C@H](C)CC(C)[C@@H](O)[C@@H](OC)C(=O)[C@H](C)C[C@H](C)/C=C/C=CC=C1C. The Bertz CT molecular complexity index is 1690. The van der Waals surface area contributed by atoms with Gasteiger partial charge in [0.25, 0.3) is 11.7 Å². The van der Waals surface area contributed by atoms with Crippen LogP contribution in [0.1, 0.15) is 132 Å². The van der Waals surface area contributed by atoms with E-state index in [9.17, 15) is 39.3 Å². The number of aliphatic hydroxyl groups is 3. The van der Waals surface area contributed by atoms with Crippen molar-refractivity contribution in [2.24, 2.45) is 41.4 Å². The Hall–Kier alpha value is -3.11. The van der Waals surface area contributed by atoms with Crippen LogP contribution in [0.3, 0.4) is 0 Å². The molecule has 368 valence electrons. The Labute approximate surface area is 387 Å². The third kappa shape index (κ3) is 14.4. The summed E-state index contributed by atoms with van der Waals surface area (Å²) in [5.74, 6) is -8.06. The van der Waals surface area contributed by atoms with Crippen molar-refractivity contribution in [1.29, 1.82) is 0 Å². The molecule has 0 spiro atoms. The first kappa shape index (κ1) is 54.5. The van der Waals surface area contributed by atoms with Crippen molar-refractivity contribution in [3.05, 3.63) is 36.0 Å². The first-order chi connectivity index (χ1) is 30.7. The smallest absolute Gasteiger partial charge is 0.329 e. The zero-order chi connectivity index (χ0) is 48.2. The van der Waals surface area contributed by atoms with Gasteiger partial charge in [0.1, 0.15) is 24.0 Å². The zero-order valence-corrected chi connectivity index (χ0v) is 40.8. The van der Waals surface area contributed by atoms with Crippen LogP contribution in [-0.4, -0.2) is 132 Å². The number of rotatable bonds is 6. The lowest BCUT2D eigenvalue weighted by atomic mass is 9.78. The molecule has 2 bridgehead atoms. The Kier molecular flexibility index (Phi) is 21.2. The Balaban J connectivity index is 1.68. The summed E-state index contributed by atoms with van der Waals surface area (Å²) >= 11 is 0. The van der Waals surface area contributed by atoms with Gasteiger partial charge < -0.3 is 43.9 Å². The summed E-state index contributed by atoms with van der Waals surface area (Å²) in [6, 6.07) is -1.13. The molecule has 16 atom stereocenters. The van der Waals surface area contributed by atoms with Crippen LogP contribution < -0.4 is 0 Å². The number of fused-ring (bicyclic) bond motifs is 3. The second kappa shape index (κ2) is 25.3. The van der Waals surface area contributed by atoms with Crippen molar-refractivity contribution >= 4 is 29.2 Å². The molecule has 0 aromatic heterocycles. The van der Waals surface area contributed by atoms with Crippen LogP contribution in [0.15, 0.2) is 36.0 Å². The molecule has 3 aliphatic heterocycles. The summed E-state index contributed by atoms with van der Waals surface area (Å²) in [5, 5.41) is 33.9. The van der Waals surface area contributed by atoms with Gasteiger partial charge in [-0.25, -0.2) is 4.79 Å². The fourth-order valence-electron chi connectivity index (χ4n) is 10.5. The number of amides is 1. The molecule has 0 aromatic carbocycles. The quantitative estimate of drug-likeness (QED) is 0.200. The molecule has 0 radical (unpaired) electrons. The monoisotopic (exact) mass is 916 g/mol. The van der Waals surface area contributed by atoms with Gasteiger partial charge in [0.2, 0.25) is 5.79 Å². The molecule has 1 amide bonds. The highest BCUT2D eigenvalue weighted by atomic mass is 16.6. The maximum atomic E-state index is 14.4. The van der Waals surface area contributed by atoms with Gasteiger partial charge in [-0.2, -0.15) is 0 Å². The molecule has 1 saturated carbocycles. The topological polar surface area (TPSA) is 195 Å². The van der Waals surface area contributed by atoms with Gasteiger partial charge in [0.15, 0.2) is 5.78 Å². The lowest BCUT2D eigenvalue weighted by Gasteiger charge is -2.42. The van der Waals surface area contributed by atoms with Crippen molar-refractivity contribution in [2.45, 2.75) is 186 Å². The van der Waals surface area contributed by atoms with Gasteiger partial charge in [-0.3, -0.25) is 19.2 Å². The third-order valence-electron chi connectivity index (χ3n) is 14.9. The van der Waals surface area contributed by atoms with E-state index >= 15 is 0 Å². The van der Waals surface area contributed by atoms with Crippen LogP contribution in [0.25, 0.3) is 0 Å². The van der Waals surface area contributed by atoms with Crippen LogP contribution >= 0.6 is 0 Å². The fourth-order valence-corrected chi connectivity index (χ4v) is 10.5. The molecule has 2 saturated heterocycles. The maximum absolute atomic E-state index is 14.4. The number of piperidine rings is 1. The number of Topliss-reactive ketones (excluding diaryl/α,β-unsaturated/α-hetero) is 3. The zero-order valence-electron chi connectivity index (χ0n) is 40.8. The summed E-state index contributed by atoms with van der Waals surface area (Å²) in [6.45, 7) is 13.0. The van der Waals surface area contributed by atoms with Gasteiger partial charge in [0.05, 0.1) is 30.5 Å². The summed E-state index contributed by atoms with van der Waals surface area (Å²) < 4.78 is 29.4. The summed E-state index contributed by atoms with van der Waals surface area (Å²) in [6.07, 6.45) is 10.3. The number of esters is 1. The second-order valence-electron chi connectivity index (χ2n) is 20.1. The number of methoxy groups -OCH3 is 3. The van der Waals surface area contributed by atoms with E-state index in [0.717, 1.165) is 12.0 Å². The molecule has 1 unspecified atom stereocenters. The number of hydrogen-bond donors (Lipinski definition) is 3. The summed E-state index contributed by atoms with van der Waals surface area (Å²) in [7, 11) is 4.56. The molecule has 3 fully saturated rings. The highest BCUT2D eigenvalue weighted by Gasteiger charge is 2.53. The normalized spacial score (nSPS) is 39.6. The van der Waals surface area contributed by atoms with Crippen LogP contribution in [0, 0.1) is 41.4 Å². The van der Waals surface area contributed by atoms with E-state index in [1.54, 1.807) is 35.0 Å². The average Bonchev–Trinajstić information content (AvgIpc) is 3.28. The number of carbonyl (C=O) groups is 5. The molecule has 65 heavy (non-hydrogen) atoms. The van der Waals surface area contributed by atoms with Crippen LogP contribution in [-0.2, 0) is 47.7 Å². The van der Waals surface area contributed by atoms with Gasteiger partial charge in [0, 0.05) is 58.5 Å². The van der Waals surface area contributed by atoms with Crippen molar-refractivity contribution in [3.63, 3.8) is 0 Å². The number of aliphatic hydroxyl groups excluding tert-OH is 2. The van der Waals surface area contributed by atoms with E-state index in [1.807, 2.05) is 58.1 Å². The largest absolute Gasteiger partial charge is 0.460 e. The second-order valence-corrected chi connectivity index (χ2v) is 20.1. The Morgan fingerprint density at radius 1 is 0.831 bits per heavy atom. The third-order valence-corrected chi connectivity index (χ3v) is 14.9. The molecular formula is C51H81NO13. The van der Waals surface area contributed by atoms with Crippen molar-refractivity contribution < 1.29 is 63.0 Å². The number of hydrogen-bond acceptors (Lipinski definition) is 13. The lowest BCUT2D eigenvalue weighted by molar-refractivity contribution is -0.265. The van der Waals surface area contributed by atoms with Crippen molar-refractivity contribution in [3.8, 4) is 0 Å². The van der Waals surface area contributed by atoms with Crippen molar-refractivity contribution in [1.82, 2.24) is 4.90 Å². The maximum Gasteiger partial charge on any atom is 0.329 e. The molecule has 4 aliphatic rings. The molecule has 1 aliphatic carbocycles. The highest BCUT2D eigenvalue weighted by Crippen LogP contribution is 2.38. The van der Waals surface area contributed by atoms with E-state index in [0.29, 0.717) is 57.8 Å². The fraction of sp³-hybridized carbons (Fsp3) is 0.784. The molecule has 4 rings (SSSR count). The first-order valence-electron chi connectivity index (χ1n) is 24.2. The van der Waals surface area contributed by atoms with Crippen molar-refractivity contribution in [2.75, 3.05) is 27.9 Å². The highest BCUT2D eigenvalue weighted by molar-refractivity contribution is 6.39. The molecule has 14 nitrogen and oxygen atoms in total. The Morgan fingerprint density at radius 2 is 1.55 bits per heavy atom. The number of cyclic esters (lactones) is 1. The molecule has 3 N–H and O–H groups in total. The summed E-state index contributed by atoms with van der Waals surface area (Å²) in [4.78, 5) is 71.9. The van der Waals surface area contributed by atoms with Crippen LogP contribution in [0.5, 0.6) is 0 Å². The Morgan fingerprint density at radius 3 is 2.23 bits per heavy atom. The minimum Gasteiger partial charge on any atom is -0.460 e. The van der Waals surface area contributed by atoms with Gasteiger partial charge in [-0.15, -0.1) is 0 Å². The molecule has 3 heterocycles. The number of ketones is 3. The molecule has 0 aromatic rings. The minimum absolute atomic E-state index is 0.0339. The van der Waals surface area contributed by atoms with E-state index in [-0.39, 0.29) is 61.2 Å². The van der Waals surface area contributed by atoms with Crippen LogP contribution in [0.4, 0.5) is 0 Å². The lowest BCUT2D eigenvalue weighted by Crippen LogP contribution is -2.61. The number of carbonyl (C=O) groups excluding carboxylic acids is 5. The predicted octanol–water partition coefficient (Wildman–Crippen LogP) is 6.26. The molecular weight excluding hydrogens is 835 g/mol. The number of nitrogens with zero attached hydrogens (tertiary/aromatic N) is 1. The van der Waals surface area contributed by atoms with Crippen LogP contribution in [0.2, 0.25) is 0 Å². The molecule has 14 heteroatoms. The predicted molar refractivity (Wildman–Crippen MR) is 245 cm³/mol.